The van der Waals surface area contributed by atoms with Gasteiger partial charge >= 0.3 is 6.09 Å². The first kappa shape index (κ1) is 16.8. The Labute approximate surface area is 135 Å². The van der Waals surface area contributed by atoms with Crippen LogP contribution in [0.2, 0.25) is 0 Å². The molecule has 0 aromatic heterocycles. The number of rotatable bonds is 6. The molecule has 0 unspecified atom stereocenters. The van der Waals surface area contributed by atoms with Gasteiger partial charge in [0.15, 0.2) is 0 Å². The van der Waals surface area contributed by atoms with Gasteiger partial charge in [0.1, 0.15) is 0 Å². The van der Waals surface area contributed by atoms with E-state index in [2.05, 4.69) is 4.72 Å². The Balaban J connectivity index is 2.19. The van der Waals surface area contributed by atoms with Crippen LogP contribution in [0.25, 0.3) is 0 Å². The molecule has 0 aliphatic carbocycles. The fraction of sp³-hybridized carbons (Fsp3) is 0.188. The number of benzene rings is 2. The van der Waals surface area contributed by atoms with E-state index < -0.39 is 16.1 Å². The zero-order chi connectivity index (χ0) is 16.9. The molecule has 0 aliphatic heterocycles. The predicted octanol–water partition coefficient (Wildman–Crippen LogP) is 2.64. The van der Waals surface area contributed by atoms with Gasteiger partial charge in [-0.25, -0.2) is 13.2 Å². The summed E-state index contributed by atoms with van der Waals surface area (Å²) < 4.78 is 27.3. The molecule has 2 rings (SSSR count). The van der Waals surface area contributed by atoms with Crippen LogP contribution in [0.3, 0.4) is 0 Å². The van der Waals surface area contributed by atoms with Gasteiger partial charge in [0.2, 0.25) is 0 Å². The summed E-state index contributed by atoms with van der Waals surface area (Å²) in [4.78, 5) is 12.2. The van der Waals surface area contributed by atoms with Crippen molar-refractivity contribution in [2.45, 2.75) is 11.3 Å². The van der Waals surface area contributed by atoms with E-state index in [0.717, 1.165) is 10.5 Å². The van der Waals surface area contributed by atoms with Gasteiger partial charge < -0.3 is 10.0 Å². The number of nitrogens with zero attached hydrogens (tertiary/aromatic N) is 1. The summed E-state index contributed by atoms with van der Waals surface area (Å²) >= 11 is 0. The van der Waals surface area contributed by atoms with Crippen LogP contribution in [0.1, 0.15) is 5.56 Å². The number of sulfonamides is 1. The number of hydrogen-bond donors (Lipinski definition) is 2. The Morgan fingerprint density at radius 2 is 1.70 bits per heavy atom. The highest BCUT2D eigenvalue weighted by Crippen LogP contribution is 2.20. The molecule has 0 atom stereocenters. The van der Waals surface area contributed by atoms with Gasteiger partial charge in [-0.05, 0) is 30.2 Å². The molecular weight excluding hydrogens is 316 g/mol. The Morgan fingerprint density at radius 1 is 1.09 bits per heavy atom. The van der Waals surface area contributed by atoms with Crippen molar-refractivity contribution in [3.05, 3.63) is 60.2 Å². The van der Waals surface area contributed by atoms with Crippen LogP contribution in [0, 0.1) is 0 Å². The molecule has 0 saturated carbocycles. The number of para-hydroxylation sites is 1. The van der Waals surface area contributed by atoms with Crippen molar-refractivity contribution in [1.82, 2.24) is 4.90 Å². The van der Waals surface area contributed by atoms with E-state index in [4.69, 9.17) is 5.11 Å². The summed E-state index contributed by atoms with van der Waals surface area (Å²) in [5.41, 5.74) is 1.19. The highest BCUT2D eigenvalue weighted by Gasteiger charge is 2.15. The maximum absolute atomic E-state index is 12.4. The number of carbonyl (C=O) groups is 1. The lowest BCUT2D eigenvalue weighted by Gasteiger charge is -2.16. The van der Waals surface area contributed by atoms with Crippen molar-refractivity contribution in [3.8, 4) is 0 Å². The summed E-state index contributed by atoms with van der Waals surface area (Å²) in [6.07, 6.45) is -0.608. The SMILES string of the molecule is CN(CCc1ccccc1NS(=O)(=O)c1ccccc1)C(=O)O. The molecular formula is C16H18N2O4S. The van der Waals surface area contributed by atoms with Gasteiger partial charge in [0.05, 0.1) is 10.6 Å². The normalized spacial score (nSPS) is 11.0. The van der Waals surface area contributed by atoms with E-state index >= 15 is 0 Å². The maximum Gasteiger partial charge on any atom is 0.407 e. The highest BCUT2D eigenvalue weighted by atomic mass is 32.2. The summed E-state index contributed by atoms with van der Waals surface area (Å²) in [5.74, 6) is 0. The summed E-state index contributed by atoms with van der Waals surface area (Å²) in [7, 11) is -2.20. The fourth-order valence-corrected chi connectivity index (χ4v) is 3.15. The smallest absolute Gasteiger partial charge is 0.407 e. The first-order valence-electron chi connectivity index (χ1n) is 7.00. The third-order valence-corrected chi connectivity index (χ3v) is 4.74. The topological polar surface area (TPSA) is 86.7 Å². The largest absolute Gasteiger partial charge is 0.465 e. The van der Waals surface area contributed by atoms with Gasteiger partial charge in [-0.2, -0.15) is 0 Å². The standard InChI is InChI=1S/C16H18N2O4S/c1-18(16(19)20)12-11-13-7-5-6-10-15(13)17-23(21,22)14-8-3-2-4-9-14/h2-10,17H,11-12H2,1H3,(H,19,20). The number of carboxylic acid groups (broad SMARTS) is 1. The van der Waals surface area contributed by atoms with Gasteiger partial charge in [-0.1, -0.05) is 36.4 Å². The zero-order valence-electron chi connectivity index (χ0n) is 12.6. The molecule has 2 N–H and O–H groups in total. The second-order valence-electron chi connectivity index (χ2n) is 5.03. The number of amides is 1. The molecule has 122 valence electrons. The molecule has 0 fully saturated rings. The molecule has 2 aromatic carbocycles. The second-order valence-corrected chi connectivity index (χ2v) is 6.71. The summed E-state index contributed by atoms with van der Waals surface area (Å²) in [6.45, 7) is 0.277. The minimum atomic E-state index is -3.67. The Kier molecular flexibility index (Phi) is 5.23. The number of nitrogens with one attached hydrogen (secondary N) is 1. The quantitative estimate of drug-likeness (QED) is 0.850. The predicted molar refractivity (Wildman–Crippen MR) is 88.1 cm³/mol. The van der Waals surface area contributed by atoms with Crippen LogP contribution >= 0.6 is 0 Å². The van der Waals surface area contributed by atoms with Crippen LogP contribution in [0.15, 0.2) is 59.5 Å². The minimum Gasteiger partial charge on any atom is -0.465 e. The average molecular weight is 334 g/mol. The third-order valence-electron chi connectivity index (χ3n) is 3.36. The second kappa shape index (κ2) is 7.15. The first-order chi connectivity index (χ1) is 10.9. The average Bonchev–Trinajstić information content (AvgIpc) is 2.54. The van der Waals surface area contributed by atoms with Crippen molar-refractivity contribution in [2.75, 3.05) is 18.3 Å². The molecule has 7 heteroatoms. The van der Waals surface area contributed by atoms with Gasteiger partial charge in [0.25, 0.3) is 10.0 Å². The number of likely N-dealkylation sites (N-methyl/N-ethyl adjacent to an activating group) is 1. The van der Waals surface area contributed by atoms with Gasteiger partial charge in [-0.15, -0.1) is 0 Å². The van der Waals surface area contributed by atoms with Gasteiger partial charge in [0, 0.05) is 13.6 Å². The maximum atomic E-state index is 12.4. The number of anilines is 1. The van der Waals surface area contributed by atoms with Crippen molar-refractivity contribution < 1.29 is 18.3 Å². The Bertz CT molecular complexity index is 776. The fourth-order valence-electron chi connectivity index (χ4n) is 2.03. The molecule has 0 aliphatic rings. The van der Waals surface area contributed by atoms with E-state index in [1.807, 2.05) is 0 Å². The molecule has 0 radical (unpaired) electrons. The van der Waals surface area contributed by atoms with E-state index in [9.17, 15) is 13.2 Å². The minimum absolute atomic E-state index is 0.178. The van der Waals surface area contributed by atoms with Crippen molar-refractivity contribution in [3.63, 3.8) is 0 Å². The monoisotopic (exact) mass is 334 g/mol. The molecule has 0 saturated heterocycles. The van der Waals surface area contributed by atoms with E-state index in [0.29, 0.717) is 12.1 Å². The molecule has 1 amide bonds. The summed E-state index contributed by atoms with van der Waals surface area (Å²) in [6, 6.07) is 15.0. The van der Waals surface area contributed by atoms with Crippen molar-refractivity contribution in [1.29, 1.82) is 0 Å². The molecule has 6 nitrogen and oxygen atoms in total. The van der Waals surface area contributed by atoms with Crippen LogP contribution in [0.4, 0.5) is 10.5 Å². The summed E-state index contributed by atoms with van der Waals surface area (Å²) in [5, 5.41) is 8.88. The first-order valence-corrected chi connectivity index (χ1v) is 8.48. The van der Waals surface area contributed by atoms with E-state index in [1.54, 1.807) is 42.5 Å². The molecule has 0 spiro atoms. The lowest BCUT2D eigenvalue weighted by molar-refractivity contribution is 0.156. The van der Waals surface area contributed by atoms with Crippen LogP contribution in [-0.4, -0.2) is 38.1 Å². The van der Waals surface area contributed by atoms with Crippen LogP contribution in [-0.2, 0) is 16.4 Å². The van der Waals surface area contributed by atoms with E-state index in [-0.39, 0.29) is 11.4 Å². The third kappa shape index (κ3) is 4.46. The zero-order valence-corrected chi connectivity index (χ0v) is 13.5. The Hall–Kier alpha value is -2.54. The van der Waals surface area contributed by atoms with Crippen molar-refractivity contribution >= 4 is 21.8 Å². The molecule has 23 heavy (non-hydrogen) atoms. The lowest BCUT2D eigenvalue weighted by atomic mass is 10.1. The lowest BCUT2D eigenvalue weighted by Crippen LogP contribution is -2.27. The molecule has 2 aromatic rings. The van der Waals surface area contributed by atoms with Crippen LogP contribution in [0.5, 0.6) is 0 Å². The van der Waals surface area contributed by atoms with Gasteiger partial charge in [-0.3, -0.25) is 4.72 Å². The highest BCUT2D eigenvalue weighted by molar-refractivity contribution is 7.92. The van der Waals surface area contributed by atoms with E-state index in [1.165, 1.54) is 19.2 Å². The molecule has 0 bridgehead atoms. The molecule has 0 heterocycles. The Morgan fingerprint density at radius 3 is 2.35 bits per heavy atom. The number of hydrogen-bond acceptors (Lipinski definition) is 3. The van der Waals surface area contributed by atoms with Crippen molar-refractivity contribution in [2.24, 2.45) is 0 Å². The van der Waals surface area contributed by atoms with Crippen LogP contribution < -0.4 is 4.72 Å².